The third-order valence-corrected chi connectivity index (χ3v) is 3.98. The van der Waals surface area contributed by atoms with Crippen LogP contribution in [-0.2, 0) is 6.54 Å². The van der Waals surface area contributed by atoms with Crippen molar-refractivity contribution < 1.29 is 4.39 Å². The van der Waals surface area contributed by atoms with Gasteiger partial charge in [0.05, 0.1) is 16.6 Å². The molecule has 102 valence electrons. The lowest BCUT2D eigenvalue weighted by Crippen LogP contribution is -2.00. The predicted molar refractivity (Wildman–Crippen MR) is 80.5 cm³/mol. The molecule has 0 unspecified atom stereocenters. The summed E-state index contributed by atoms with van der Waals surface area (Å²) in [7, 11) is 0. The van der Waals surface area contributed by atoms with Crippen molar-refractivity contribution in [2.24, 2.45) is 0 Å². The number of nitrogen functional groups attached to an aromatic ring is 1. The standard InChI is InChI=1S/C14H11ClFN3S/c15-13-5-10(8-20-13)14-12(17)7-19(18-14)6-9-1-3-11(16)4-2-9/h1-5,7-8H,6,17H2. The number of nitrogens with two attached hydrogens (primary N) is 1. The number of anilines is 1. The number of hydrogen-bond donors (Lipinski definition) is 1. The number of hydrogen-bond acceptors (Lipinski definition) is 3. The molecule has 0 aliphatic heterocycles. The van der Waals surface area contributed by atoms with Gasteiger partial charge in [0.25, 0.3) is 0 Å². The summed E-state index contributed by atoms with van der Waals surface area (Å²) in [6.45, 7) is 0.544. The maximum Gasteiger partial charge on any atom is 0.123 e. The van der Waals surface area contributed by atoms with E-state index in [1.54, 1.807) is 23.0 Å². The van der Waals surface area contributed by atoms with E-state index in [1.165, 1.54) is 23.5 Å². The number of aromatic nitrogens is 2. The van der Waals surface area contributed by atoms with Crippen molar-refractivity contribution in [3.63, 3.8) is 0 Å². The Morgan fingerprint density at radius 1 is 1.30 bits per heavy atom. The summed E-state index contributed by atoms with van der Waals surface area (Å²) in [5.74, 6) is -0.248. The minimum Gasteiger partial charge on any atom is -0.396 e. The lowest BCUT2D eigenvalue weighted by atomic mass is 10.2. The van der Waals surface area contributed by atoms with Gasteiger partial charge in [0.1, 0.15) is 11.5 Å². The van der Waals surface area contributed by atoms with Gasteiger partial charge in [0, 0.05) is 17.1 Å². The van der Waals surface area contributed by atoms with Crippen molar-refractivity contribution in [2.75, 3.05) is 5.73 Å². The number of rotatable bonds is 3. The molecule has 3 aromatic rings. The smallest absolute Gasteiger partial charge is 0.123 e. The highest BCUT2D eigenvalue weighted by Crippen LogP contribution is 2.31. The molecule has 0 amide bonds. The van der Waals surface area contributed by atoms with Gasteiger partial charge >= 0.3 is 0 Å². The fourth-order valence-electron chi connectivity index (χ4n) is 1.95. The molecule has 3 rings (SSSR count). The second-order valence-corrected chi connectivity index (χ2v) is 5.94. The number of benzene rings is 1. The molecule has 2 N–H and O–H groups in total. The van der Waals surface area contributed by atoms with Gasteiger partial charge in [-0.2, -0.15) is 5.10 Å². The molecular formula is C14H11ClFN3S. The van der Waals surface area contributed by atoms with E-state index in [1.807, 2.05) is 11.4 Å². The summed E-state index contributed by atoms with van der Waals surface area (Å²) in [6, 6.07) is 8.17. The average Bonchev–Trinajstić information content (AvgIpc) is 2.98. The zero-order valence-electron chi connectivity index (χ0n) is 10.4. The van der Waals surface area contributed by atoms with Gasteiger partial charge in [0.15, 0.2) is 0 Å². The molecule has 0 saturated carbocycles. The Balaban J connectivity index is 1.87. The number of thiophene rings is 1. The van der Waals surface area contributed by atoms with Crippen LogP contribution < -0.4 is 5.73 Å². The van der Waals surface area contributed by atoms with Gasteiger partial charge in [-0.25, -0.2) is 4.39 Å². The summed E-state index contributed by atoms with van der Waals surface area (Å²) >= 11 is 7.36. The second-order valence-electron chi connectivity index (χ2n) is 4.40. The summed E-state index contributed by atoms with van der Waals surface area (Å²) in [4.78, 5) is 0. The molecule has 0 fully saturated rings. The van der Waals surface area contributed by atoms with Crippen LogP contribution in [0.25, 0.3) is 11.3 Å². The van der Waals surface area contributed by atoms with Crippen molar-refractivity contribution in [3.05, 3.63) is 57.6 Å². The van der Waals surface area contributed by atoms with Crippen LogP contribution in [-0.4, -0.2) is 9.78 Å². The third-order valence-electron chi connectivity index (χ3n) is 2.89. The van der Waals surface area contributed by atoms with Crippen LogP contribution >= 0.6 is 22.9 Å². The van der Waals surface area contributed by atoms with Crippen molar-refractivity contribution in [1.82, 2.24) is 9.78 Å². The van der Waals surface area contributed by atoms with E-state index in [9.17, 15) is 4.39 Å². The lowest BCUT2D eigenvalue weighted by Gasteiger charge is -2.01. The van der Waals surface area contributed by atoms with Crippen LogP contribution in [0.3, 0.4) is 0 Å². The van der Waals surface area contributed by atoms with E-state index in [0.29, 0.717) is 16.6 Å². The van der Waals surface area contributed by atoms with Gasteiger partial charge in [-0.15, -0.1) is 11.3 Å². The maximum absolute atomic E-state index is 12.9. The first-order chi connectivity index (χ1) is 9.61. The molecule has 0 bridgehead atoms. The highest BCUT2D eigenvalue weighted by Gasteiger charge is 2.10. The molecule has 2 heterocycles. The molecule has 20 heavy (non-hydrogen) atoms. The van der Waals surface area contributed by atoms with Crippen LogP contribution in [0.15, 0.2) is 41.9 Å². The van der Waals surface area contributed by atoms with Gasteiger partial charge in [-0.1, -0.05) is 23.7 Å². The van der Waals surface area contributed by atoms with Crippen LogP contribution in [0.2, 0.25) is 4.34 Å². The molecule has 2 aromatic heterocycles. The Morgan fingerprint density at radius 2 is 2.05 bits per heavy atom. The molecule has 6 heteroatoms. The van der Waals surface area contributed by atoms with Gasteiger partial charge in [-0.05, 0) is 23.8 Å². The average molecular weight is 308 g/mol. The van der Waals surface area contributed by atoms with Gasteiger partial charge in [-0.3, -0.25) is 4.68 Å². The molecule has 0 saturated heterocycles. The molecular weight excluding hydrogens is 297 g/mol. The number of halogens is 2. The zero-order chi connectivity index (χ0) is 14.1. The highest BCUT2D eigenvalue weighted by molar-refractivity contribution is 7.14. The normalized spacial score (nSPS) is 10.9. The van der Waals surface area contributed by atoms with Crippen molar-refractivity contribution in [2.45, 2.75) is 6.54 Å². The molecule has 3 nitrogen and oxygen atoms in total. The van der Waals surface area contributed by atoms with E-state index in [4.69, 9.17) is 17.3 Å². The summed E-state index contributed by atoms with van der Waals surface area (Å²) < 4.78 is 15.3. The van der Waals surface area contributed by atoms with E-state index in [-0.39, 0.29) is 5.82 Å². The summed E-state index contributed by atoms with van der Waals surface area (Å²) in [5, 5.41) is 6.38. The Bertz CT molecular complexity index is 733. The minimum absolute atomic E-state index is 0.248. The first kappa shape index (κ1) is 13.1. The lowest BCUT2D eigenvalue weighted by molar-refractivity contribution is 0.624. The van der Waals surface area contributed by atoms with Crippen molar-refractivity contribution in [3.8, 4) is 11.3 Å². The molecule has 0 spiro atoms. The van der Waals surface area contributed by atoms with E-state index < -0.39 is 0 Å². The third kappa shape index (κ3) is 2.69. The fraction of sp³-hybridized carbons (Fsp3) is 0.0714. The predicted octanol–water partition coefficient (Wildman–Crippen LogP) is 4.03. The Morgan fingerprint density at radius 3 is 2.70 bits per heavy atom. The molecule has 1 aromatic carbocycles. The summed E-state index contributed by atoms with van der Waals surface area (Å²) in [5.41, 5.74) is 9.17. The zero-order valence-corrected chi connectivity index (χ0v) is 12.0. The Labute approximate surface area is 124 Å². The molecule has 0 aliphatic carbocycles. The van der Waals surface area contributed by atoms with Crippen molar-refractivity contribution in [1.29, 1.82) is 0 Å². The van der Waals surface area contributed by atoms with Crippen LogP contribution in [0.5, 0.6) is 0 Å². The van der Waals surface area contributed by atoms with Crippen LogP contribution in [0, 0.1) is 5.82 Å². The fourth-order valence-corrected chi connectivity index (χ4v) is 2.82. The monoisotopic (exact) mass is 307 g/mol. The highest BCUT2D eigenvalue weighted by atomic mass is 35.5. The van der Waals surface area contributed by atoms with Gasteiger partial charge in [0.2, 0.25) is 0 Å². The van der Waals surface area contributed by atoms with Crippen LogP contribution in [0.4, 0.5) is 10.1 Å². The minimum atomic E-state index is -0.248. The van der Waals surface area contributed by atoms with E-state index in [0.717, 1.165) is 16.8 Å². The molecule has 0 radical (unpaired) electrons. The molecule has 0 aliphatic rings. The maximum atomic E-state index is 12.9. The SMILES string of the molecule is Nc1cn(Cc2ccc(F)cc2)nc1-c1csc(Cl)c1. The number of nitrogens with zero attached hydrogens (tertiary/aromatic N) is 2. The van der Waals surface area contributed by atoms with Gasteiger partial charge < -0.3 is 5.73 Å². The Kier molecular flexibility index (Phi) is 3.46. The topological polar surface area (TPSA) is 43.8 Å². The first-order valence-electron chi connectivity index (χ1n) is 5.93. The van der Waals surface area contributed by atoms with E-state index in [2.05, 4.69) is 5.10 Å². The quantitative estimate of drug-likeness (QED) is 0.794. The van der Waals surface area contributed by atoms with Crippen molar-refractivity contribution >= 4 is 28.6 Å². The Hall–Kier alpha value is -1.85. The second kappa shape index (κ2) is 5.26. The largest absolute Gasteiger partial charge is 0.396 e. The first-order valence-corrected chi connectivity index (χ1v) is 7.19. The molecule has 0 atom stereocenters. The summed E-state index contributed by atoms with van der Waals surface area (Å²) in [6.07, 6.45) is 1.77. The van der Waals surface area contributed by atoms with Crippen LogP contribution in [0.1, 0.15) is 5.56 Å². The van der Waals surface area contributed by atoms with E-state index >= 15 is 0 Å².